The number of nitrogens with one attached hydrogen (secondary N) is 2. The summed E-state index contributed by atoms with van der Waals surface area (Å²) in [6, 6.07) is 9.04. The van der Waals surface area contributed by atoms with Gasteiger partial charge in [0.1, 0.15) is 34.4 Å². The normalized spacial score (nSPS) is 13.8. The maximum Gasteiger partial charge on any atom is 0.490 e. The average molecular weight is 627 g/mol. The number of carboxylic acid groups (broad SMARTS) is 1. The van der Waals surface area contributed by atoms with Crippen LogP contribution in [0.5, 0.6) is 0 Å². The van der Waals surface area contributed by atoms with Crippen LogP contribution >= 0.6 is 0 Å². The average Bonchev–Trinajstić information content (AvgIpc) is 2.94. The second-order valence-electron chi connectivity index (χ2n) is 9.21. The van der Waals surface area contributed by atoms with Crippen LogP contribution in [-0.4, -0.2) is 66.4 Å². The number of aryl methyl sites for hydroxylation is 1. The smallest absolute Gasteiger partial charge is 0.475 e. The van der Waals surface area contributed by atoms with E-state index in [9.17, 15) is 35.2 Å². The zero-order valence-electron chi connectivity index (χ0n) is 22.2. The van der Waals surface area contributed by atoms with E-state index in [1.807, 2.05) is 18.2 Å². The number of hydrogen-bond donors (Lipinski definition) is 3. The Morgan fingerprint density at radius 3 is 2.33 bits per heavy atom. The van der Waals surface area contributed by atoms with Crippen LogP contribution in [0.4, 0.5) is 33.5 Å². The summed E-state index contributed by atoms with van der Waals surface area (Å²) in [7, 11) is -3.01. The third-order valence-electron chi connectivity index (χ3n) is 6.22. The third-order valence-corrected chi connectivity index (χ3v) is 7.62. The van der Waals surface area contributed by atoms with Crippen molar-refractivity contribution in [3.8, 4) is 11.1 Å². The van der Waals surface area contributed by atoms with Gasteiger partial charge in [-0.1, -0.05) is 6.07 Å². The van der Waals surface area contributed by atoms with E-state index in [1.165, 1.54) is 24.0 Å². The predicted molar refractivity (Wildman–Crippen MR) is 146 cm³/mol. The number of benzene rings is 2. The monoisotopic (exact) mass is 626 g/mol. The van der Waals surface area contributed by atoms with Crippen molar-refractivity contribution in [1.29, 1.82) is 0 Å². The second kappa shape index (κ2) is 12.3. The fourth-order valence-corrected chi connectivity index (χ4v) is 5.30. The summed E-state index contributed by atoms with van der Waals surface area (Å²) in [6.45, 7) is 3.26. The van der Waals surface area contributed by atoms with Gasteiger partial charge in [-0.25, -0.2) is 32.0 Å². The molecule has 0 saturated carbocycles. The van der Waals surface area contributed by atoms with Crippen molar-refractivity contribution in [2.24, 2.45) is 7.05 Å². The van der Waals surface area contributed by atoms with Gasteiger partial charge in [0.15, 0.2) is 0 Å². The molecule has 4 aromatic rings. The van der Waals surface area contributed by atoms with Crippen LogP contribution < -0.4 is 20.5 Å². The molecule has 0 amide bonds. The number of piperazine rings is 1. The van der Waals surface area contributed by atoms with Crippen molar-refractivity contribution in [2.75, 3.05) is 35.8 Å². The summed E-state index contributed by atoms with van der Waals surface area (Å²) in [4.78, 5) is 31.9. The van der Waals surface area contributed by atoms with E-state index < -0.39 is 44.3 Å². The molecule has 3 heterocycles. The van der Waals surface area contributed by atoms with Gasteiger partial charge in [-0.2, -0.15) is 13.2 Å². The maximum atomic E-state index is 14.2. The Labute approximate surface area is 240 Å². The maximum absolute atomic E-state index is 14.2. The number of pyridine rings is 1. The summed E-state index contributed by atoms with van der Waals surface area (Å²) in [5.41, 5.74) is 1.10. The Morgan fingerprint density at radius 2 is 1.70 bits per heavy atom. The molecule has 1 fully saturated rings. The first-order chi connectivity index (χ1) is 20.2. The number of carboxylic acids is 1. The number of aliphatic carboxylic acids is 1. The van der Waals surface area contributed by atoms with Crippen LogP contribution in [0, 0.1) is 11.6 Å². The predicted octanol–water partition coefficient (Wildman–Crippen LogP) is 3.12. The Bertz CT molecular complexity index is 1840. The fourth-order valence-electron chi connectivity index (χ4n) is 4.19. The van der Waals surface area contributed by atoms with Gasteiger partial charge >= 0.3 is 12.1 Å². The first-order valence-corrected chi connectivity index (χ1v) is 13.8. The minimum Gasteiger partial charge on any atom is -0.475 e. The second-order valence-corrected chi connectivity index (χ2v) is 10.9. The van der Waals surface area contributed by atoms with Crippen LogP contribution in [0.1, 0.15) is 0 Å². The van der Waals surface area contributed by atoms with Gasteiger partial charge in [0, 0.05) is 56.4 Å². The van der Waals surface area contributed by atoms with Crippen molar-refractivity contribution < 1.29 is 40.3 Å². The number of fused-ring (bicyclic) bond motifs is 1. The van der Waals surface area contributed by atoms with Crippen LogP contribution in [0.2, 0.25) is 0 Å². The largest absolute Gasteiger partial charge is 0.490 e. The van der Waals surface area contributed by atoms with Gasteiger partial charge in [-0.15, -0.1) is 0 Å². The summed E-state index contributed by atoms with van der Waals surface area (Å²) >= 11 is 0. The summed E-state index contributed by atoms with van der Waals surface area (Å²) in [5, 5.41) is 11.3. The number of alkyl halides is 3. The zero-order valence-corrected chi connectivity index (χ0v) is 23.0. The van der Waals surface area contributed by atoms with E-state index in [4.69, 9.17) is 9.90 Å². The number of sulfonamides is 1. The van der Waals surface area contributed by atoms with E-state index in [-0.39, 0.29) is 5.69 Å². The lowest BCUT2D eigenvalue weighted by Crippen LogP contribution is -2.44. The highest BCUT2D eigenvalue weighted by atomic mass is 32.2. The first kappa shape index (κ1) is 31.3. The number of aromatic nitrogens is 3. The van der Waals surface area contributed by atoms with Crippen molar-refractivity contribution in [3.05, 3.63) is 77.0 Å². The minimum absolute atomic E-state index is 0.273. The lowest BCUT2D eigenvalue weighted by atomic mass is 10.0. The molecule has 3 N–H and O–H groups in total. The van der Waals surface area contributed by atoms with Crippen molar-refractivity contribution in [2.45, 2.75) is 11.1 Å². The Balaban J connectivity index is 0.000000541. The van der Waals surface area contributed by atoms with Gasteiger partial charge in [-0.05, 0) is 35.9 Å². The highest BCUT2D eigenvalue weighted by Gasteiger charge is 2.38. The molecule has 1 aliphatic heterocycles. The lowest BCUT2D eigenvalue weighted by molar-refractivity contribution is -0.192. The van der Waals surface area contributed by atoms with Crippen molar-refractivity contribution in [3.63, 3.8) is 0 Å². The Hall–Kier alpha value is -4.64. The molecule has 0 spiro atoms. The Morgan fingerprint density at radius 1 is 1.02 bits per heavy atom. The molecule has 5 rings (SSSR count). The SMILES string of the molecule is Cn1cc(-c2ccc3ncnc(N4CCNCC4)c3c2)cc(NS(=O)(=O)c2ccc(F)cc2F)c1=O.O=C(O)C(F)(F)F. The molecule has 0 unspecified atom stereocenters. The number of halogens is 5. The molecule has 2 aromatic heterocycles. The van der Waals surface area contributed by atoms with Crippen LogP contribution in [0.15, 0.2) is 64.7 Å². The molecular formula is C26H23F5N6O5S. The van der Waals surface area contributed by atoms with E-state index in [0.29, 0.717) is 17.2 Å². The third kappa shape index (κ3) is 7.23. The van der Waals surface area contributed by atoms with Crippen LogP contribution in [0.3, 0.4) is 0 Å². The number of carbonyl (C=O) groups is 1. The number of rotatable bonds is 5. The van der Waals surface area contributed by atoms with E-state index in [0.717, 1.165) is 55.0 Å². The first-order valence-electron chi connectivity index (χ1n) is 12.4. The van der Waals surface area contributed by atoms with Gasteiger partial charge in [0.25, 0.3) is 15.6 Å². The molecule has 0 atom stereocenters. The number of anilines is 2. The van der Waals surface area contributed by atoms with E-state index >= 15 is 0 Å². The van der Waals surface area contributed by atoms with E-state index in [2.05, 4.69) is 24.9 Å². The summed E-state index contributed by atoms with van der Waals surface area (Å²) in [6.07, 6.45) is -1.98. The van der Waals surface area contributed by atoms with Gasteiger partial charge in [0.05, 0.1) is 5.52 Å². The molecular weight excluding hydrogens is 603 g/mol. The highest BCUT2D eigenvalue weighted by molar-refractivity contribution is 7.92. The zero-order chi connectivity index (χ0) is 31.5. The van der Waals surface area contributed by atoms with Crippen LogP contribution in [0.25, 0.3) is 22.0 Å². The molecule has 11 nitrogen and oxygen atoms in total. The molecule has 0 radical (unpaired) electrons. The molecule has 0 bridgehead atoms. The lowest BCUT2D eigenvalue weighted by Gasteiger charge is -2.29. The van der Waals surface area contributed by atoms with Gasteiger partial charge in [-0.3, -0.25) is 9.52 Å². The summed E-state index contributed by atoms with van der Waals surface area (Å²) in [5.74, 6) is -4.14. The standard InChI is InChI=1S/C24H22F2N6O3S.C2HF3O2/c1-31-13-16(11-21(24(31)33)30-36(34,35)22-5-3-17(25)12-19(22)26)15-2-4-20-18(10-15)23(29-14-28-20)32-8-6-27-7-9-32;3-2(4,5)1(6)7/h2-5,10-14,27,30H,6-9H2,1H3;(H,6,7). The topological polar surface area (TPSA) is 147 Å². The van der Waals surface area contributed by atoms with Crippen molar-refractivity contribution >= 4 is 38.4 Å². The van der Waals surface area contributed by atoms with E-state index in [1.54, 1.807) is 6.20 Å². The minimum atomic E-state index is -5.08. The molecule has 17 heteroatoms. The quantitative estimate of drug-likeness (QED) is 0.285. The fraction of sp³-hybridized carbons (Fsp3) is 0.231. The van der Waals surface area contributed by atoms with Crippen LogP contribution in [-0.2, 0) is 21.9 Å². The summed E-state index contributed by atoms with van der Waals surface area (Å²) < 4.78 is 88.1. The van der Waals surface area contributed by atoms with Gasteiger partial charge in [0.2, 0.25) is 0 Å². The van der Waals surface area contributed by atoms with Crippen molar-refractivity contribution in [1.82, 2.24) is 19.9 Å². The molecule has 2 aromatic carbocycles. The molecule has 228 valence electrons. The number of hydrogen-bond acceptors (Lipinski definition) is 8. The molecule has 43 heavy (non-hydrogen) atoms. The molecule has 1 saturated heterocycles. The molecule has 1 aliphatic rings. The molecule has 0 aliphatic carbocycles. The van der Waals surface area contributed by atoms with Gasteiger partial charge < -0.3 is 19.9 Å². The number of nitrogens with zero attached hydrogens (tertiary/aromatic N) is 4. The highest BCUT2D eigenvalue weighted by Crippen LogP contribution is 2.30. The Kier molecular flexibility index (Phi) is 8.96.